The molecular formula is C45H56ClN7O5S. The van der Waals surface area contributed by atoms with Crippen molar-refractivity contribution >= 4 is 57.6 Å². The lowest BCUT2D eigenvalue weighted by molar-refractivity contribution is -0.384. The van der Waals surface area contributed by atoms with Gasteiger partial charge in [0.05, 0.1) is 29.9 Å². The van der Waals surface area contributed by atoms with Gasteiger partial charge in [-0.2, -0.15) is 0 Å². The number of anilines is 2. The number of H-pyrrole nitrogens is 1. The van der Waals surface area contributed by atoms with Gasteiger partial charge in [0.2, 0.25) is 0 Å². The normalized spacial score (nSPS) is 18.7. The molecule has 4 aromatic rings. The summed E-state index contributed by atoms with van der Waals surface area (Å²) in [7, 11) is 0. The van der Waals surface area contributed by atoms with Crippen molar-refractivity contribution in [1.82, 2.24) is 19.6 Å². The Labute approximate surface area is 356 Å². The van der Waals surface area contributed by atoms with Crippen molar-refractivity contribution in [3.05, 3.63) is 101 Å². The van der Waals surface area contributed by atoms with E-state index in [9.17, 15) is 14.9 Å². The molecule has 314 valence electrons. The Kier molecular flexibility index (Phi) is 13.6. The molecule has 12 nitrogen and oxygen atoms in total. The highest BCUT2D eigenvalue weighted by atomic mass is 35.5. The number of aromatic nitrogens is 2. The number of nitrogens with one attached hydrogen (secondary N) is 3. The van der Waals surface area contributed by atoms with Gasteiger partial charge in [-0.25, -0.2) is 4.98 Å². The average Bonchev–Trinajstić information content (AvgIpc) is 3.68. The Hall–Kier alpha value is -4.56. The molecule has 2 aliphatic carbocycles. The maximum Gasteiger partial charge on any atom is 0.293 e. The molecule has 0 radical (unpaired) electrons. The summed E-state index contributed by atoms with van der Waals surface area (Å²) in [5, 5.41) is 16.2. The number of carbonyl (C=O) groups is 1. The van der Waals surface area contributed by atoms with Crippen molar-refractivity contribution in [2.75, 3.05) is 68.6 Å². The van der Waals surface area contributed by atoms with E-state index in [2.05, 4.69) is 56.8 Å². The molecule has 4 aliphatic rings. The minimum atomic E-state index is -0.384. The third-order valence-corrected chi connectivity index (χ3v) is 13.2. The molecule has 2 aromatic heterocycles. The number of piperazine rings is 1. The molecule has 1 spiro atoms. The van der Waals surface area contributed by atoms with Gasteiger partial charge >= 0.3 is 0 Å². The van der Waals surface area contributed by atoms with Crippen LogP contribution in [-0.2, 0) is 4.74 Å². The van der Waals surface area contributed by atoms with Crippen LogP contribution in [0.15, 0.2) is 90.1 Å². The number of ether oxygens (including phenoxy) is 2. The fourth-order valence-electron chi connectivity index (χ4n) is 8.94. The van der Waals surface area contributed by atoms with Crippen LogP contribution < -0.4 is 19.7 Å². The van der Waals surface area contributed by atoms with Gasteiger partial charge in [-0.1, -0.05) is 25.0 Å². The maximum absolute atomic E-state index is 13.8. The number of nitro benzene ring substituents is 1. The van der Waals surface area contributed by atoms with E-state index in [0.717, 1.165) is 113 Å². The van der Waals surface area contributed by atoms with Gasteiger partial charge in [0.1, 0.15) is 22.8 Å². The van der Waals surface area contributed by atoms with E-state index in [4.69, 9.17) is 21.1 Å². The van der Waals surface area contributed by atoms with Crippen LogP contribution in [0, 0.1) is 26.9 Å². The Morgan fingerprint density at radius 3 is 2.63 bits per heavy atom. The first-order chi connectivity index (χ1) is 28.5. The van der Waals surface area contributed by atoms with Gasteiger partial charge in [-0.3, -0.25) is 24.5 Å². The minimum absolute atomic E-state index is 0.0254. The van der Waals surface area contributed by atoms with Crippen molar-refractivity contribution in [1.29, 1.82) is 0 Å². The van der Waals surface area contributed by atoms with E-state index in [1.165, 1.54) is 12.5 Å². The van der Waals surface area contributed by atoms with E-state index in [-0.39, 0.29) is 16.5 Å². The van der Waals surface area contributed by atoms with Crippen LogP contribution >= 0.6 is 23.5 Å². The van der Waals surface area contributed by atoms with Gasteiger partial charge in [0.15, 0.2) is 0 Å². The predicted molar refractivity (Wildman–Crippen MR) is 238 cm³/mol. The molecule has 3 N–H and O–H groups in total. The molecule has 59 heavy (non-hydrogen) atoms. The van der Waals surface area contributed by atoms with Crippen molar-refractivity contribution < 1.29 is 19.2 Å². The summed E-state index contributed by atoms with van der Waals surface area (Å²) in [5.74, 6) is 1.72. The first-order valence-corrected chi connectivity index (χ1v) is 22.0. The fourth-order valence-corrected chi connectivity index (χ4v) is 9.70. The number of alkyl halides is 1. The molecule has 8 rings (SSSR count). The second-order valence-electron chi connectivity index (χ2n) is 17.1. The van der Waals surface area contributed by atoms with Crippen molar-refractivity contribution in [3.63, 3.8) is 0 Å². The number of hydrogen-bond acceptors (Lipinski definition) is 10. The highest BCUT2D eigenvalue weighted by molar-refractivity contribution is 7.98. The van der Waals surface area contributed by atoms with Gasteiger partial charge in [-0.05, 0) is 105 Å². The second kappa shape index (κ2) is 18.8. The molecule has 2 aromatic carbocycles. The van der Waals surface area contributed by atoms with E-state index in [1.807, 2.05) is 30.5 Å². The molecule has 0 bridgehead atoms. The van der Waals surface area contributed by atoms with E-state index in [1.54, 1.807) is 35.5 Å². The summed E-state index contributed by atoms with van der Waals surface area (Å²) in [6, 6.07) is 14.5. The molecule has 4 heterocycles. The standard InChI is InChI=1S/C43H52ClN7O5S.C2H4/c1-42(2)11-9-32(31(23-42)4-3-12-44)26-49-14-16-50(17-15-49)33-5-7-36(39(19-33)56-34-18-30-10-13-45-40(30)47-25-34)41(52)48-57-35-6-8-37(38(20-35)51(53)54)46-24-29-21-43(22-29)27-55-28-43;1-2/h5-8,10,13,18-20,25,29,46H,3-4,9,11-12,14-17,21-24,26-28H2,1-2H3,(H,45,47)(H,48,52);1-2H2. The van der Waals surface area contributed by atoms with Gasteiger partial charge in [0.25, 0.3) is 11.6 Å². The first-order valence-electron chi connectivity index (χ1n) is 20.6. The Morgan fingerprint density at radius 2 is 1.90 bits per heavy atom. The lowest BCUT2D eigenvalue weighted by Crippen LogP contribution is -2.53. The molecular weight excluding hydrogens is 786 g/mol. The van der Waals surface area contributed by atoms with E-state index in [0.29, 0.717) is 56.8 Å². The summed E-state index contributed by atoms with van der Waals surface area (Å²) in [4.78, 5) is 38.5. The number of allylic oxidation sites excluding steroid dienone is 1. The Bertz CT molecular complexity index is 2150. The zero-order chi connectivity index (χ0) is 41.6. The highest BCUT2D eigenvalue weighted by Crippen LogP contribution is 2.50. The summed E-state index contributed by atoms with van der Waals surface area (Å²) in [6.07, 6.45) is 11.3. The van der Waals surface area contributed by atoms with Gasteiger partial charge in [0, 0.05) is 84.9 Å². The van der Waals surface area contributed by atoms with Gasteiger partial charge in [-0.15, -0.1) is 24.8 Å². The number of amides is 1. The summed E-state index contributed by atoms with van der Waals surface area (Å²) >= 11 is 7.14. The van der Waals surface area contributed by atoms with E-state index >= 15 is 0 Å². The SMILES string of the molecule is C=C.CC1(C)CCC(CN2CCN(c3ccc(C(=O)NSc4ccc(NCC5CC6(COC6)C5)c([N+](=O)[O-])c4)c(Oc4cnc5[nH]ccc5c4)c3)CC2)=C(CCCCl)C1. The number of benzene rings is 2. The average molecular weight is 843 g/mol. The number of aromatic amines is 1. The Morgan fingerprint density at radius 1 is 1.10 bits per heavy atom. The largest absolute Gasteiger partial charge is 0.455 e. The van der Waals surface area contributed by atoms with Crippen molar-refractivity contribution in [3.8, 4) is 11.5 Å². The predicted octanol–water partition coefficient (Wildman–Crippen LogP) is 9.99. The van der Waals surface area contributed by atoms with Gasteiger partial charge < -0.3 is 24.7 Å². The van der Waals surface area contributed by atoms with Crippen LogP contribution in [-0.4, -0.2) is 84.1 Å². The number of nitro groups is 1. The molecule has 1 saturated carbocycles. The Balaban J connectivity index is 0.00000260. The third kappa shape index (κ3) is 10.3. The lowest BCUT2D eigenvalue weighted by atomic mass is 9.61. The number of fused-ring (bicyclic) bond motifs is 1. The topological polar surface area (TPSA) is 138 Å². The number of rotatable bonds is 15. The number of pyridine rings is 1. The molecule has 0 atom stereocenters. The third-order valence-electron chi connectivity index (χ3n) is 12.1. The lowest BCUT2D eigenvalue weighted by Gasteiger charge is -2.53. The van der Waals surface area contributed by atoms with Crippen molar-refractivity contribution in [2.45, 2.75) is 63.7 Å². The van der Waals surface area contributed by atoms with Crippen LogP contribution in [0.5, 0.6) is 11.5 Å². The summed E-state index contributed by atoms with van der Waals surface area (Å²) < 4.78 is 14.7. The molecule has 1 amide bonds. The maximum atomic E-state index is 13.8. The quantitative estimate of drug-likeness (QED) is 0.0349. The molecule has 14 heteroatoms. The fraction of sp³-hybridized carbons (Fsp3) is 0.467. The first kappa shape index (κ1) is 42.6. The number of hydrogen-bond donors (Lipinski definition) is 3. The summed E-state index contributed by atoms with van der Waals surface area (Å²) in [6.45, 7) is 17.7. The summed E-state index contributed by atoms with van der Waals surface area (Å²) in [5.41, 5.74) is 6.42. The molecule has 2 aliphatic heterocycles. The number of halogens is 1. The zero-order valence-electron chi connectivity index (χ0n) is 34.2. The molecule has 0 unspecified atom stereocenters. The monoisotopic (exact) mass is 841 g/mol. The van der Waals surface area contributed by atoms with Crippen LogP contribution in [0.2, 0.25) is 0 Å². The second-order valence-corrected chi connectivity index (χ2v) is 18.3. The number of nitrogens with zero attached hydrogens (tertiary/aromatic N) is 4. The highest BCUT2D eigenvalue weighted by Gasteiger charge is 2.49. The smallest absolute Gasteiger partial charge is 0.293 e. The van der Waals surface area contributed by atoms with Crippen LogP contribution in [0.4, 0.5) is 17.1 Å². The van der Waals surface area contributed by atoms with Crippen LogP contribution in [0.25, 0.3) is 11.0 Å². The van der Waals surface area contributed by atoms with Crippen LogP contribution in [0.3, 0.4) is 0 Å². The van der Waals surface area contributed by atoms with Crippen molar-refractivity contribution in [2.24, 2.45) is 16.7 Å². The zero-order valence-corrected chi connectivity index (χ0v) is 35.8. The minimum Gasteiger partial charge on any atom is -0.455 e. The van der Waals surface area contributed by atoms with Crippen LogP contribution in [0.1, 0.15) is 69.2 Å². The van der Waals surface area contributed by atoms with E-state index < -0.39 is 0 Å². The number of carbonyl (C=O) groups excluding carboxylic acids is 1. The molecule has 3 fully saturated rings. The molecule has 2 saturated heterocycles.